The summed E-state index contributed by atoms with van der Waals surface area (Å²) in [5, 5.41) is 12.4. The molecule has 0 amide bonds. The number of hydrogen-bond donors (Lipinski definition) is 1. The first-order valence-electron chi connectivity index (χ1n) is 6.60. The Kier molecular flexibility index (Phi) is 3.18. The lowest BCUT2D eigenvalue weighted by molar-refractivity contribution is 0.526. The first kappa shape index (κ1) is 11.8. The zero-order valence-corrected chi connectivity index (χ0v) is 11.0. The van der Waals surface area contributed by atoms with Gasteiger partial charge in [-0.25, -0.2) is 0 Å². The fraction of sp³-hybridized carbons (Fsp3) is 0.286. The van der Waals surface area contributed by atoms with E-state index in [1.54, 1.807) is 16.1 Å². The van der Waals surface area contributed by atoms with Gasteiger partial charge in [0.1, 0.15) is 0 Å². The molecule has 0 fully saturated rings. The number of aryl methyl sites for hydroxylation is 1. The molecule has 2 aromatic rings. The maximum atomic E-state index is 4.38. The monoisotopic (exact) mass is 255 g/mol. The van der Waals surface area contributed by atoms with Crippen molar-refractivity contribution in [1.29, 1.82) is 0 Å². The van der Waals surface area contributed by atoms with Crippen LogP contribution < -0.4 is 21.2 Å². The van der Waals surface area contributed by atoms with Gasteiger partial charge in [0, 0.05) is 5.22 Å². The summed E-state index contributed by atoms with van der Waals surface area (Å²) in [6.07, 6.45) is 9.13. The topological polar surface area (TPSA) is 45.5 Å². The smallest absolute Gasteiger partial charge is 0.0941 e. The Morgan fingerprint density at radius 1 is 1.32 bits per heavy atom. The standard InChI is InChI=1S/C14H17N5/c1-2-3-5-12-6-7-13-11-19(17-16-14(13)10-12)18-9-4-8-15-18/h4,6-11,17H,2-3,5H2,1H3. The molecule has 1 N–H and O–H groups in total. The fourth-order valence-corrected chi connectivity index (χ4v) is 2.09. The maximum Gasteiger partial charge on any atom is 0.0941 e. The third-order valence-corrected chi connectivity index (χ3v) is 3.16. The van der Waals surface area contributed by atoms with Crippen molar-refractivity contribution in [2.45, 2.75) is 26.2 Å². The summed E-state index contributed by atoms with van der Waals surface area (Å²) in [4.78, 5) is 1.69. The Hall–Kier alpha value is -2.30. The van der Waals surface area contributed by atoms with Gasteiger partial charge in [-0.3, -0.25) is 0 Å². The third kappa shape index (κ3) is 2.45. The maximum absolute atomic E-state index is 4.38. The number of hydrogen-bond acceptors (Lipinski definition) is 4. The van der Waals surface area contributed by atoms with Crippen LogP contribution in [-0.4, -0.2) is 9.89 Å². The Bertz CT molecular complexity index is 660. The molecule has 1 aromatic carbocycles. The summed E-state index contributed by atoms with van der Waals surface area (Å²) in [5.41, 5.74) is 4.30. The molecular weight excluding hydrogens is 238 g/mol. The summed E-state index contributed by atoms with van der Waals surface area (Å²) in [6, 6.07) is 8.31. The van der Waals surface area contributed by atoms with E-state index in [4.69, 9.17) is 0 Å². The van der Waals surface area contributed by atoms with Crippen molar-refractivity contribution in [3.8, 4) is 0 Å². The molecule has 1 aromatic heterocycles. The number of hydrazine groups is 1. The molecule has 0 atom stereocenters. The molecular formula is C14H17N5. The van der Waals surface area contributed by atoms with Crippen LogP contribution in [0, 0.1) is 0 Å². The van der Waals surface area contributed by atoms with Gasteiger partial charge in [-0.05, 0) is 30.5 Å². The summed E-state index contributed by atoms with van der Waals surface area (Å²) >= 11 is 0. The molecule has 0 saturated carbocycles. The molecule has 5 nitrogen and oxygen atoms in total. The van der Waals surface area contributed by atoms with E-state index in [1.165, 1.54) is 18.4 Å². The van der Waals surface area contributed by atoms with Gasteiger partial charge in [-0.1, -0.05) is 25.5 Å². The van der Waals surface area contributed by atoms with Crippen LogP contribution in [0.4, 0.5) is 0 Å². The zero-order chi connectivity index (χ0) is 13.1. The lowest BCUT2D eigenvalue weighted by Crippen LogP contribution is -2.48. The molecule has 19 heavy (non-hydrogen) atoms. The zero-order valence-electron chi connectivity index (χ0n) is 11.0. The van der Waals surface area contributed by atoms with Gasteiger partial charge < -0.3 is 0 Å². The fourth-order valence-electron chi connectivity index (χ4n) is 2.09. The number of nitrogens with zero attached hydrogens (tertiary/aromatic N) is 4. The van der Waals surface area contributed by atoms with Crippen molar-refractivity contribution in [3.05, 3.63) is 52.8 Å². The Morgan fingerprint density at radius 2 is 2.26 bits per heavy atom. The van der Waals surface area contributed by atoms with E-state index in [0.29, 0.717) is 0 Å². The predicted octanol–water partition coefficient (Wildman–Crippen LogP) is 0.655. The van der Waals surface area contributed by atoms with Gasteiger partial charge >= 0.3 is 0 Å². The lowest BCUT2D eigenvalue weighted by atomic mass is 10.1. The second-order valence-electron chi connectivity index (χ2n) is 4.61. The van der Waals surface area contributed by atoms with E-state index in [9.17, 15) is 0 Å². The van der Waals surface area contributed by atoms with Crippen molar-refractivity contribution >= 4 is 6.20 Å². The predicted molar refractivity (Wildman–Crippen MR) is 73.9 cm³/mol. The Labute approximate surface area is 111 Å². The minimum absolute atomic E-state index is 0.983. The van der Waals surface area contributed by atoms with Crippen molar-refractivity contribution in [1.82, 2.24) is 15.4 Å². The number of aromatic nitrogens is 2. The summed E-state index contributed by atoms with van der Waals surface area (Å²) in [7, 11) is 0. The minimum Gasteiger partial charge on any atom is -0.197 e. The molecule has 2 heterocycles. The highest BCUT2D eigenvalue weighted by Crippen LogP contribution is 2.01. The van der Waals surface area contributed by atoms with E-state index in [1.807, 2.05) is 18.5 Å². The molecule has 5 heteroatoms. The second kappa shape index (κ2) is 5.14. The molecule has 0 spiro atoms. The average Bonchev–Trinajstić information content (AvgIpc) is 2.98. The van der Waals surface area contributed by atoms with Gasteiger partial charge in [0.15, 0.2) is 0 Å². The molecule has 0 unspecified atom stereocenters. The highest BCUT2D eigenvalue weighted by molar-refractivity contribution is 5.34. The Morgan fingerprint density at radius 3 is 3.05 bits per heavy atom. The quantitative estimate of drug-likeness (QED) is 0.872. The van der Waals surface area contributed by atoms with Crippen molar-refractivity contribution in [2.24, 2.45) is 5.10 Å². The third-order valence-electron chi connectivity index (χ3n) is 3.16. The highest BCUT2D eigenvalue weighted by Gasteiger charge is 2.05. The molecule has 0 saturated heterocycles. The SMILES string of the molecule is CCCCc1ccc2c(c1)=NNN(n1cccn1)C=2. The molecule has 0 bridgehead atoms. The normalized spacial score (nSPS) is 13.2. The summed E-state index contributed by atoms with van der Waals surface area (Å²) < 4.78 is 0. The largest absolute Gasteiger partial charge is 0.197 e. The Balaban J connectivity index is 1.90. The number of benzene rings is 1. The molecule has 1 aliphatic heterocycles. The van der Waals surface area contributed by atoms with Gasteiger partial charge in [0.2, 0.25) is 0 Å². The summed E-state index contributed by atoms with van der Waals surface area (Å²) in [5.74, 6) is 0. The average molecular weight is 255 g/mol. The lowest BCUT2D eigenvalue weighted by Gasteiger charge is -2.20. The molecule has 0 aliphatic carbocycles. The van der Waals surface area contributed by atoms with Crippen molar-refractivity contribution in [2.75, 3.05) is 5.12 Å². The van der Waals surface area contributed by atoms with Crippen LogP contribution in [0.5, 0.6) is 0 Å². The van der Waals surface area contributed by atoms with E-state index < -0.39 is 0 Å². The first-order chi connectivity index (χ1) is 9.36. The van der Waals surface area contributed by atoms with Crippen LogP contribution in [0.1, 0.15) is 25.3 Å². The van der Waals surface area contributed by atoms with E-state index in [2.05, 4.69) is 40.9 Å². The van der Waals surface area contributed by atoms with Crippen LogP contribution in [0.25, 0.3) is 6.20 Å². The van der Waals surface area contributed by atoms with Crippen molar-refractivity contribution < 1.29 is 0 Å². The molecule has 98 valence electrons. The molecule has 3 rings (SSSR count). The second-order valence-corrected chi connectivity index (χ2v) is 4.61. The van der Waals surface area contributed by atoms with E-state index >= 15 is 0 Å². The van der Waals surface area contributed by atoms with Gasteiger partial charge in [0.05, 0.1) is 24.0 Å². The number of nitrogens with one attached hydrogen (secondary N) is 1. The van der Waals surface area contributed by atoms with Crippen LogP contribution >= 0.6 is 0 Å². The van der Waals surface area contributed by atoms with Gasteiger partial charge in [-0.2, -0.15) is 25.6 Å². The van der Waals surface area contributed by atoms with E-state index in [-0.39, 0.29) is 0 Å². The van der Waals surface area contributed by atoms with Crippen LogP contribution in [0.2, 0.25) is 0 Å². The highest BCUT2D eigenvalue weighted by atomic mass is 15.9. The minimum atomic E-state index is 0.983. The number of unbranched alkanes of at least 4 members (excludes halogenated alkanes) is 1. The molecule has 1 aliphatic rings. The van der Waals surface area contributed by atoms with Gasteiger partial charge in [-0.15, -0.1) is 0 Å². The number of rotatable bonds is 4. The summed E-state index contributed by atoms with van der Waals surface area (Å²) in [6.45, 7) is 2.21. The van der Waals surface area contributed by atoms with E-state index in [0.717, 1.165) is 17.0 Å². The van der Waals surface area contributed by atoms with Crippen LogP contribution in [0.15, 0.2) is 41.8 Å². The van der Waals surface area contributed by atoms with Gasteiger partial charge in [0.25, 0.3) is 0 Å². The first-order valence-corrected chi connectivity index (χ1v) is 6.60. The van der Waals surface area contributed by atoms with Crippen LogP contribution in [-0.2, 0) is 6.42 Å². The number of fused-ring (bicyclic) bond motifs is 1. The van der Waals surface area contributed by atoms with Crippen LogP contribution in [0.3, 0.4) is 0 Å². The molecule has 0 radical (unpaired) electrons. The van der Waals surface area contributed by atoms with Crippen molar-refractivity contribution in [3.63, 3.8) is 0 Å².